The number of rotatable bonds is 6. The summed E-state index contributed by atoms with van der Waals surface area (Å²) in [6.45, 7) is -3.02. The van der Waals surface area contributed by atoms with E-state index in [0.29, 0.717) is 5.69 Å². The molecule has 1 heterocycles. The summed E-state index contributed by atoms with van der Waals surface area (Å²) in [5, 5.41) is 13.6. The maximum Gasteiger partial charge on any atom is 0.387 e. The van der Waals surface area contributed by atoms with E-state index in [1.165, 1.54) is 43.6 Å². The minimum atomic E-state index is -3.02. The number of pyridine rings is 1. The third-order valence-corrected chi connectivity index (χ3v) is 2.63. The number of nitrogens with one attached hydrogen (secondary N) is 1. The smallest absolute Gasteiger partial charge is 0.387 e. The monoisotopic (exact) mass is 311 g/mol. The lowest BCUT2D eigenvalue weighted by molar-refractivity contribution is -0.384. The minimum absolute atomic E-state index is 0.0133. The van der Waals surface area contributed by atoms with Gasteiger partial charge in [-0.15, -0.1) is 0 Å². The molecule has 0 unspecified atom stereocenters. The summed E-state index contributed by atoms with van der Waals surface area (Å²) in [7, 11) is 1.31. The Morgan fingerprint density at radius 2 is 2.09 bits per heavy atom. The molecule has 0 atom stereocenters. The second-order valence-electron chi connectivity index (χ2n) is 4.00. The molecule has 0 radical (unpaired) electrons. The molecule has 1 aromatic heterocycles. The van der Waals surface area contributed by atoms with Crippen LogP contribution in [0.4, 0.5) is 26.0 Å². The van der Waals surface area contributed by atoms with E-state index in [0.717, 1.165) is 0 Å². The maximum atomic E-state index is 12.4. The Labute approximate surface area is 123 Å². The van der Waals surface area contributed by atoms with Crippen LogP contribution in [0.15, 0.2) is 36.5 Å². The molecule has 0 saturated heterocycles. The highest BCUT2D eigenvalue weighted by atomic mass is 19.3. The van der Waals surface area contributed by atoms with Crippen LogP contribution in [0.2, 0.25) is 0 Å². The van der Waals surface area contributed by atoms with Gasteiger partial charge in [-0.25, -0.2) is 4.98 Å². The number of anilines is 2. The van der Waals surface area contributed by atoms with Gasteiger partial charge in [-0.3, -0.25) is 10.1 Å². The first-order valence-corrected chi connectivity index (χ1v) is 6.00. The summed E-state index contributed by atoms with van der Waals surface area (Å²) in [5.74, 6) is -0.0943. The summed E-state index contributed by atoms with van der Waals surface area (Å²) in [4.78, 5) is 14.2. The van der Waals surface area contributed by atoms with E-state index < -0.39 is 11.5 Å². The van der Waals surface area contributed by atoms with Gasteiger partial charge in [0.1, 0.15) is 0 Å². The molecule has 0 amide bonds. The quantitative estimate of drug-likeness (QED) is 0.650. The van der Waals surface area contributed by atoms with Gasteiger partial charge in [-0.05, 0) is 18.2 Å². The Morgan fingerprint density at radius 1 is 1.32 bits per heavy atom. The van der Waals surface area contributed by atoms with E-state index in [-0.39, 0.29) is 23.0 Å². The molecule has 0 bridgehead atoms. The Balaban J connectivity index is 2.32. The van der Waals surface area contributed by atoms with Gasteiger partial charge in [0, 0.05) is 24.0 Å². The van der Waals surface area contributed by atoms with Crippen molar-refractivity contribution in [1.82, 2.24) is 4.98 Å². The number of ether oxygens (including phenoxy) is 2. The molecule has 22 heavy (non-hydrogen) atoms. The molecule has 7 nitrogen and oxygen atoms in total. The van der Waals surface area contributed by atoms with E-state index in [1.54, 1.807) is 0 Å². The molecule has 9 heteroatoms. The third kappa shape index (κ3) is 3.57. The van der Waals surface area contributed by atoms with E-state index in [9.17, 15) is 18.9 Å². The Morgan fingerprint density at radius 3 is 2.73 bits per heavy atom. The molecule has 0 aliphatic heterocycles. The van der Waals surface area contributed by atoms with Crippen LogP contribution in [0.1, 0.15) is 0 Å². The Bertz CT molecular complexity index is 682. The van der Waals surface area contributed by atoms with Crippen LogP contribution < -0.4 is 14.8 Å². The predicted molar refractivity (Wildman–Crippen MR) is 73.8 cm³/mol. The van der Waals surface area contributed by atoms with Crippen molar-refractivity contribution in [2.75, 3.05) is 12.4 Å². The fraction of sp³-hybridized carbons (Fsp3) is 0.154. The highest BCUT2D eigenvalue weighted by Crippen LogP contribution is 2.33. The second kappa shape index (κ2) is 6.66. The first-order chi connectivity index (χ1) is 10.5. The number of hydrogen-bond acceptors (Lipinski definition) is 6. The topological polar surface area (TPSA) is 86.5 Å². The highest BCUT2D eigenvalue weighted by molar-refractivity contribution is 5.67. The lowest BCUT2D eigenvalue weighted by Gasteiger charge is -2.12. The van der Waals surface area contributed by atoms with Gasteiger partial charge in [-0.2, -0.15) is 8.78 Å². The second-order valence-corrected chi connectivity index (χ2v) is 4.00. The van der Waals surface area contributed by atoms with Gasteiger partial charge >= 0.3 is 12.3 Å². The molecular weight excluding hydrogens is 300 g/mol. The fourth-order valence-electron chi connectivity index (χ4n) is 1.72. The van der Waals surface area contributed by atoms with Crippen molar-refractivity contribution >= 4 is 17.2 Å². The van der Waals surface area contributed by atoms with Crippen molar-refractivity contribution in [3.05, 3.63) is 46.6 Å². The zero-order valence-electron chi connectivity index (χ0n) is 11.3. The zero-order valence-corrected chi connectivity index (χ0v) is 11.3. The van der Waals surface area contributed by atoms with E-state index in [2.05, 4.69) is 15.0 Å². The lowest BCUT2D eigenvalue weighted by Crippen LogP contribution is -2.04. The first-order valence-electron chi connectivity index (χ1n) is 6.00. The molecule has 2 rings (SSSR count). The summed E-state index contributed by atoms with van der Waals surface area (Å²) >= 11 is 0. The Hall–Kier alpha value is -2.97. The summed E-state index contributed by atoms with van der Waals surface area (Å²) < 4.78 is 34.0. The number of hydrogen-bond donors (Lipinski definition) is 1. The molecular formula is C13H11F2N3O4. The molecule has 1 N–H and O–H groups in total. The maximum absolute atomic E-state index is 12.4. The molecule has 1 aromatic carbocycles. The number of alkyl halides is 2. The fourth-order valence-corrected chi connectivity index (χ4v) is 1.72. The molecule has 0 saturated carbocycles. The molecule has 116 valence electrons. The number of aromatic nitrogens is 1. The van der Waals surface area contributed by atoms with Crippen molar-refractivity contribution in [3.8, 4) is 11.5 Å². The van der Waals surface area contributed by atoms with Crippen LogP contribution in [-0.4, -0.2) is 23.6 Å². The summed E-state index contributed by atoms with van der Waals surface area (Å²) in [5.41, 5.74) is 0.0490. The predicted octanol–water partition coefficient (Wildman–Crippen LogP) is 3.34. The van der Waals surface area contributed by atoms with Crippen molar-refractivity contribution < 1.29 is 23.2 Å². The lowest BCUT2D eigenvalue weighted by atomic mass is 10.2. The van der Waals surface area contributed by atoms with Crippen LogP contribution in [0.3, 0.4) is 0 Å². The van der Waals surface area contributed by atoms with Gasteiger partial charge in [0.25, 0.3) is 0 Å². The van der Waals surface area contributed by atoms with Crippen LogP contribution in [0.25, 0.3) is 0 Å². The number of benzene rings is 1. The van der Waals surface area contributed by atoms with Gasteiger partial charge in [0.15, 0.2) is 11.5 Å². The average molecular weight is 311 g/mol. The Kier molecular flexibility index (Phi) is 4.66. The first kappa shape index (κ1) is 15.4. The molecule has 0 spiro atoms. The van der Waals surface area contributed by atoms with E-state index in [4.69, 9.17) is 4.74 Å². The van der Waals surface area contributed by atoms with Gasteiger partial charge in [0.05, 0.1) is 12.0 Å². The third-order valence-electron chi connectivity index (χ3n) is 2.63. The average Bonchev–Trinajstić information content (AvgIpc) is 2.47. The van der Waals surface area contributed by atoms with Crippen molar-refractivity contribution in [2.24, 2.45) is 0 Å². The van der Waals surface area contributed by atoms with Crippen molar-refractivity contribution in [1.29, 1.82) is 0 Å². The highest BCUT2D eigenvalue weighted by Gasteiger charge is 2.16. The number of nitrogens with zero attached hydrogens (tertiary/aromatic N) is 2. The van der Waals surface area contributed by atoms with Gasteiger partial charge in [0.2, 0.25) is 5.82 Å². The van der Waals surface area contributed by atoms with Gasteiger partial charge < -0.3 is 14.8 Å². The number of methoxy groups -OCH3 is 1. The summed E-state index contributed by atoms with van der Waals surface area (Å²) in [6, 6.07) is 6.83. The molecule has 2 aromatic rings. The van der Waals surface area contributed by atoms with Crippen LogP contribution in [0.5, 0.6) is 11.5 Å². The van der Waals surface area contributed by atoms with Crippen molar-refractivity contribution in [2.45, 2.75) is 6.61 Å². The van der Waals surface area contributed by atoms with Crippen LogP contribution in [-0.2, 0) is 0 Å². The molecule has 0 aliphatic carbocycles. The standard InChI is InChI=1S/C13H11F2N3O4/c1-21-10-5-4-8(7-11(10)22-13(14)15)17-12-9(18(19)20)3-2-6-16-12/h2-7,13H,1H3,(H,16,17). The number of nitro groups is 1. The molecule has 0 aliphatic rings. The SMILES string of the molecule is COc1ccc(Nc2ncccc2[N+](=O)[O-])cc1OC(F)F. The van der Waals surface area contributed by atoms with Crippen LogP contribution in [0, 0.1) is 10.1 Å². The van der Waals surface area contributed by atoms with E-state index >= 15 is 0 Å². The number of halogens is 2. The largest absolute Gasteiger partial charge is 0.493 e. The van der Waals surface area contributed by atoms with E-state index in [1.807, 2.05) is 0 Å². The zero-order chi connectivity index (χ0) is 16.1. The van der Waals surface area contributed by atoms with Crippen molar-refractivity contribution in [3.63, 3.8) is 0 Å². The minimum Gasteiger partial charge on any atom is -0.493 e. The summed E-state index contributed by atoms with van der Waals surface area (Å²) in [6.07, 6.45) is 1.37. The van der Waals surface area contributed by atoms with Crippen LogP contribution >= 0.6 is 0 Å². The normalized spacial score (nSPS) is 10.4. The molecule has 0 fully saturated rings. The van der Waals surface area contributed by atoms with Gasteiger partial charge in [-0.1, -0.05) is 0 Å².